The summed E-state index contributed by atoms with van der Waals surface area (Å²) in [5, 5.41) is 10.6. The molecule has 0 aromatic heterocycles. The number of sulfonamides is 1. The maximum Gasteiger partial charge on any atom is 0.269 e. The van der Waals surface area contributed by atoms with Crippen molar-refractivity contribution in [3.8, 4) is 5.75 Å². The number of aryl methyl sites for hydroxylation is 1. The number of non-ortho nitro benzene ring substituents is 1. The van der Waals surface area contributed by atoms with Crippen molar-refractivity contribution in [2.75, 3.05) is 7.11 Å². The van der Waals surface area contributed by atoms with Gasteiger partial charge < -0.3 is 4.74 Å². The van der Waals surface area contributed by atoms with Gasteiger partial charge in [0.25, 0.3) is 21.6 Å². The quantitative estimate of drug-likeness (QED) is 0.590. The molecule has 0 atom stereocenters. The average molecular weight is 365 g/mol. The van der Waals surface area contributed by atoms with E-state index in [1.54, 1.807) is 13.0 Å². The van der Waals surface area contributed by atoms with Crippen molar-refractivity contribution in [1.29, 1.82) is 0 Å². The summed E-state index contributed by atoms with van der Waals surface area (Å²) in [5.41, 5.74) is 2.63. The van der Waals surface area contributed by atoms with E-state index in [1.165, 1.54) is 31.4 Å². The molecule has 0 aliphatic rings. The van der Waals surface area contributed by atoms with Crippen LogP contribution in [0.3, 0.4) is 0 Å². The number of nitro groups is 1. The molecule has 0 unspecified atom stereocenters. The second kappa shape index (κ2) is 7.28. The van der Waals surface area contributed by atoms with Crippen LogP contribution in [0.4, 0.5) is 5.69 Å². The van der Waals surface area contributed by atoms with Gasteiger partial charge in [0, 0.05) is 17.7 Å². The van der Waals surface area contributed by atoms with Gasteiger partial charge in [0.2, 0.25) is 0 Å². The smallest absolute Gasteiger partial charge is 0.269 e. The standard InChI is InChI=1S/C15H15N3O6S/c1-10-3-8-13(24-2)14(9-10)25(22,23)17-16-15(19)11-4-6-12(7-5-11)18(20)21/h3-9,17H,1-2H3,(H,16,19). The molecule has 2 aromatic rings. The van der Waals surface area contributed by atoms with Gasteiger partial charge in [-0.3, -0.25) is 20.3 Å². The second-order valence-corrected chi connectivity index (χ2v) is 6.67. The Hall–Kier alpha value is -2.98. The molecule has 25 heavy (non-hydrogen) atoms. The molecular weight excluding hydrogens is 350 g/mol. The number of ether oxygens (including phenoxy) is 1. The first kappa shape index (κ1) is 18.4. The normalized spacial score (nSPS) is 11.0. The average Bonchev–Trinajstić information content (AvgIpc) is 2.59. The van der Waals surface area contributed by atoms with Gasteiger partial charge in [0.15, 0.2) is 0 Å². The lowest BCUT2D eigenvalue weighted by Gasteiger charge is -2.12. The van der Waals surface area contributed by atoms with Gasteiger partial charge >= 0.3 is 0 Å². The van der Waals surface area contributed by atoms with E-state index in [1.807, 2.05) is 4.83 Å². The van der Waals surface area contributed by atoms with E-state index >= 15 is 0 Å². The van der Waals surface area contributed by atoms with Crippen LogP contribution >= 0.6 is 0 Å². The molecule has 0 aliphatic heterocycles. The zero-order valence-corrected chi connectivity index (χ0v) is 14.2. The van der Waals surface area contributed by atoms with Crippen molar-refractivity contribution >= 4 is 21.6 Å². The molecule has 10 heteroatoms. The van der Waals surface area contributed by atoms with Crippen LogP contribution in [0.2, 0.25) is 0 Å². The molecular formula is C15H15N3O6S. The Balaban J connectivity index is 2.15. The van der Waals surface area contributed by atoms with Crippen molar-refractivity contribution in [2.24, 2.45) is 0 Å². The number of methoxy groups -OCH3 is 1. The van der Waals surface area contributed by atoms with E-state index in [-0.39, 0.29) is 21.9 Å². The minimum Gasteiger partial charge on any atom is -0.495 e. The summed E-state index contributed by atoms with van der Waals surface area (Å²) in [6.45, 7) is 1.72. The zero-order valence-electron chi connectivity index (χ0n) is 13.3. The summed E-state index contributed by atoms with van der Waals surface area (Å²) in [6, 6.07) is 9.32. The number of benzene rings is 2. The molecule has 0 saturated carbocycles. The van der Waals surface area contributed by atoms with Gasteiger partial charge in [-0.1, -0.05) is 6.07 Å². The number of amides is 1. The summed E-state index contributed by atoms with van der Waals surface area (Å²) in [5.74, 6) is -0.632. The van der Waals surface area contributed by atoms with Crippen molar-refractivity contribution in [3.05, 3.63) is 63.7 Å². The molecule has 0 bridgehead atoms. The molecule has 0 saturated heterocycles. The largest absolute Gasteiger partial charge is 0.495 e. The fraction of sp³-hybridized carbons (Fsp3) is 0.133. The SMILES string of the molecule is COc1ccc(C)cc1S(=O)(=O)NNC(=O)c1ccc([N+](=O)[O-])cc1. The Labute approximate surface area is 143 Å². The highest BCUT2D eigenvalue weighted by Gasteiger charge is 2.21. The van der Waals surface area contributed by atoms with E-state index in [4.69, 9.17) is 4.74 Å². The first-order chi connectivity index (χ1) is 11.7. The van der Waals surface area contributed by atoms with Gasteiger partial charge in [-0.15, -0.1) is 4.83 Å². The van der Waals surface area contributed by atoms with Crippen LogP contribution in [0.5, 0.6) is 5.75 Å². The third kappa shape index (κ3) is 4.31. The number of nitrogens with one attached hydrogen (secondary N) is 2. The van der Waals surface area contributed by atoms with Gasteiger partial charge in [-0.25, -0.2) is 8.42 Å². The van der Waals surface area contributed by atoms with Crippen LogP contribution in [0.15, 0.2) is 47.4 Å². The van der Waals surface area contributed by atoms with E-state index in [9.17, 15) is 23.3 Å². The van der Waals surface area contributed by atoms with E-state index < -0.39 is 20.9 Å². The first-order valence-electron chi connectivity index (χ1n) is 6.96. The summed E-state index contributed by atoms with van der Waals surface area (Å²) in [4.78, 5) is 23.8. The topological polar surface area (TPSA) is 128 Å². The molecule has 2 aromatic carbocycles. The van der Waals surface area contributed by atoms with Crippen molar-refractivity contribution < 1.29 is 22.9 Å². The molecule has 2 rings (SSSR count). The minimum absolute atomic E-state index is 0.0597. The molecule has 0 aliphatic carbocycles. The summed E-state index contributed by atoms with van der Waals surface area (Å²) in [7, 11) is -2.73. The van der Waals surface area contributed by atoms with Crippen LogP contribution < -0.4 is 15.0 Å². The zero-order chi connectivity index (χ0) is 18.6. The highest BCUT2D eigenvalue weighted by molar-refractivity contribution is 7.89. The fourth-order valence-electron chi connectivity index (χ4n) is 1.97. The monoisotopic (exact) mass is 365 g/mol. The van der Waals surface area contributed by atoms with Crippen molar-refractivity contribution in [2.45, 2.75) is 11.8 Å². The van der Waals surface area contributed by atoms with Crippen molar-refractivity contribution in [1.82, 2.24) is 10.3 Å². The molecule has 0 heterocycles. The van der Waals surface area contributed by atoms with Gasteiger partial charge in [-0.05, 0) is 36.8 Å². The number of hydrogen-bond acceptors (Lipinski definition) is 6. The van der Waals surface area contributed by atoms with Crippen LogP contribution in [-0.2, 0) is 10.0 Å². The highest BCUT2D eigenvalue weighted by atomic mass is 32.2. The molecule has 132 valence electrons. The predicted octanol–water partition coefficient (Wildman–Crippen LogP) is 1.54. The highest BCUT2D eigenvalue weighted by Crippen LogP contribution is 2.24. The van der Waals surface area contributed by atoms with Crippen LogP contribution in [0.1, 0.15) is 15.9 Å². The summed E-state index contributed by atoms with van der Waals surface area (Å²) >= 11 is 0. The Kier molecular flexibility index (Phi) is 5.35. The van der Waals surface area contributed by atoms with Crippen LogP contribution in [0, 0.1) is 17.0 Å². The molecule has 2 N–H and O–H groups in total. The van der Waals surface area contributed by atoms with E-state index in [2.05, 4.69) is 5.43 Å². The lowest BCUT2D eigenvalue weighted by atomic mass is 10.2. The van der Waals surface area contributed by atoms with Gasteiger partial charge in [0.05, 0.1) is 12.0 Å². The minimum atomic E-state index is -4.07. The van der Waals surface area contributed by atoms with Crippen LogP contribution in [-0.4, -0.2) is 26.4 Å². The lowest BCUT2D eigenvalue weighted by molar-refractivity contribution is -0.384. The second-order valence-electron chi connectivity index (χ2n) is 5.02. The van der Waals surface area contributed by atoms with Crippen molar-refractivity contribution in [3.63, 3.8) is 0 Å². The van der Waals surface area contributed by atoms with Gasteiger partial charge in [-0.2, -0.15) is 0 Å². The number of rotatable bonds is 6. The number of carbonyl (C=O) groups is 1. The molecule has 1 amide bonds. The third-order valence-corrected chi connectivity index (χ3v) is 4.52. The molecule has 0 radical (unpaired) electrons. The maximum absolute atomic E-state index is 12.3. The fourth-order valence-corrected chi connectivity index (χ4v) is 3.06. The predicted molar refractivity (Wildman–Crippen MR) is 88.6 cm³/mol. The van der Waals surface area contributed by atoms with E-state index in [0.29, 0.717) is 5.56 Å². The van der Waals surface area contributed by atoms with Crippen LogP contribution in [0.25, 0.3) is 0 Å². The Morgan fingerprint density at radius 2 is 1.80 bits per heavy atom. The number of hydrogen-bond donors (Lipinski definition) is 2. The lowest BCUT2D eigenvalue weighted by Crippen LogP contribution is -2.41. The molecule has 0 fully saturated rings. The van der Waals surface area contributed by atoms with Gasteiger partial charge in [0.1, 0.15) is 10.6 Å². The van der Waals surface area contributed by atoms with E-state index in [0.717, 1.165) is 12.1 Å². The Morgan fingerprint density at radius 3 is 2.36 bits per heavy atom. The maximum atomic E-state index is 12.3. The molecule has 9 nitrogen and oxygen atoms in total. The number of nitrogens with zero attached hydrogens (tertiary/aromatic N) is 1. The third-order valence-electron chi connectivity index (χ3n) is 3.25. The number of carbonyl (C=O) groups excluding carboxylic acids is 1. The number of hydrazine groups is 1. The summed E-state index contributed by atoms with van der Waals surface area (Å²) in [6.07, 6.45) is 0. The Bertz CT molecular complexity index is 909. The molecule has 0 spiro atoms. The first-order valence-corrected chi connectivity index (χ1v) is 8.44. The Morgan fingerprint density at radius 1 is 1.16 bits per heavy atom. The summed E-state index contributed by atoms with van der Waals surface area (Å²) < 4.78 is 29.7. The number of nitro benzene ring substituents is 1.